The maximum absolute atomic E-state index is 13.1. The minimum Gasteiger partial charge on any atom is -0.383 e. The summed E-state index contributed by atoms with van der Waals surface area (Å²) in [5.41, 5.74) is 1.43. The second-order valence-electron chi connectivity index (χ2n) is 6.69. The molecule has 28 heavy (non-hydrogen) atoms. The van der Waals surface area contributed by atoms with Crippen LogP contribution in [0, 0.1) is 0 Å². The van der Waals surface area contributed by atoms with Gasteiger partial charge in [-0.2, -0.15) is 13.2 Å². The first-order valence-corrected chi connectivity index (χ1v) is 8.99. The lowest BCUT2D eigenvalue weighted by molar-refractivity contribution is -0.137. The molecule has 1 heterocycles. The Kier molecular flexibility index (Phi) is 4.81. The van der Waals surface area contributed by atoms with Gasteiger partial charge in [0.1, 0.15) is 5.82 Å². The zero-order chi connectivity index (χ0) is 19.7. The SMILES string of the molecule is COCCn1c(Cc2cccc3ccccc23)nc2cc(C(F)(F)F)ccc21. The number of benzene rings is 3. The third kappa shape index (κ3) is 3.47. The van der Waals surface area contributed by atoms with E-state index in [0.717, 1.165) is 34.3 Å². The maximum Gasteiger partial charge on any atom is 0.416 e. The summed E-state index contributed by atoms with van der Waals surface area (Å²) in [6.07, 6.45) is -3.86. The van der Waals surface area contributed by atoms with Crippen molar-refractivity contribution in [2.45, 2.75) is 19.1 Å². The molecule has 0 spiro atoms. The number of alkyl halides is 3. The minimum absolute atomic E-state index is 0.348. The van der Waals surface area contributed by atoms with Crippen molar-refractivity contribution in [3.05, 3.63) is 77.6 Å². The number of methoxy groups -OCH3 is 1. The van der Waals surface area contributed by atoms with E-state index in [0.29, 0.717) is 30.6 Å². The molecule has 0 unspecified atom stereocenters. The standard InChI is InChI=1S/C22H19F3N2O/c1-28-12-11-27-20-10-9-17(22(23,24)25)14-19(20)26-21(27)13-16-7-4-6-15-5-2-3-8-18(15)16/h2-10,14H,11-13H2,1H3. The van der Waals surface area contributed by atoms with Gasteiger partial charge in [0, 0.05) is 20.1 Å². The van der Waals surface area contributed by atoms with Crippen molar-refractivity contribution in [1.82, 2.24) is 9.55 Å². The van der Waals surface area contributed by atoms with Gasteiger partial charge in [0.2, 0.25) is 0 Å². The van der Waals surface area contributed by atoms with E-state index in [-0.39, 0.29) is 0 Å². The highest BCUT2D eigenvalue weighted by Crippen LogP contribution is 2.32. The molecule has 144 valence electrons. The predicted molar refractivity (Wildman–Crippen MR) is 103 cm³/mol. The predicted octanol–water partition coefficient (Wildman–Crippen LogP) is 5.45. The number of imidazole rings is 1. The smallest absolute Gasteiger partial charge is 0.383 e. The molecule has 0 aliphatic rings. The summed E-state index contributed by atoms with van der Waals surface area (Å²) in [5, 5.41) is 2.24. The van der Waals surface area contributed by atoms with E-state index >= 15 is 0 Å². The molecule has 4 aromatic rings. The Balaban J connectivity index is 1.82. The Morgan fingerprint density at radius 1 is 1.00 bits per heavy atom. The van der Waals surface area contributed by atoms with Crippen LogP contribution in [-0.4, -0.2) is 23.3 Å². The molecule has 0 saturated heterocycles. The number of hydrogen-bond donors (Lipinski definition) is 0. The number of halogens is 3. The van der Waals surface area contributed by atoms with Crippen molar-refractivity contribution < 1.29 is 17.9 Å². The van der Waals surface area contributed by atoms with E-state index in [1.165, 1.54) is 6.07 Å². The van der Waals surface area contributed by atoms with Crippen LogP contribution in [0.2, 0.25) is 0 Å². The molecule has 0 N–H and O–H groups in total. The van der Waals surface area contributed by atoms with Crippen LogP contribution in [0.4, 0.5) is 13.2 Å². The Hall–Kier alpha value is -2.86. The lowest BCUT2D eigenvalue weighted by atomic mass is 10.0. The molecule has 3 nitrogen and oxygen atoms in total. The lowest BCUT2D eigenvalue weighted by Crippen LogP contribution is -2.09. The molecule has 6 heteroatoms. The molecule has 0 aliphatic heterocycles. The molecule has 0 atom stereocenters. The van der Waals surface area contributed by atoms with E-state index in [2.05, 4.69) is 11.1 Å². The fraction of sp³-hybridized carbons (Fsp3) is 0.227. The molecule has 0 bridgehead atoms. The normalized spacial score (nSPS) is 12.1. The molecule has 0 fully saturated rings. The zero-order valence-electron chi connectivity index (χ0n) is 15.3. The van der Waals surface area contributed by atoms with Crippen LogP contribution in [0.3, 0.4) is 0 Å². The molecule has 0 radical (unpaired) electrons. The van der Waals surface area contributed by atoms with Gasteiger partial charge in [-0.25, -0.2) is 4.98 Å². The summed E-state index contributed by atoms with van der Waals surface area (Å²) < 4.78 is 46.4. The van der Waals surface area contributed by atoms with Crippen molar-refractivity contribution in [3.8, 4) is 0 Å². The number of ether oxygens (including phenoxy) is 1. The quantitative estimate of drug-likeness (QED) is 0.458. The zero-order valence-corrected chi connectivity index (χ0v) is 15.3. The van der Waals surface area contributed by atoms with Crippen LogP contribution >= 0.6 is 0 Å². The van der Waals surface area contributed by atoms with Crippen LogP contribution in [-0.2, 0) is 23.9 Å². The summed E-state index contributed by atoms with van der Waals surface area (Å²) >= 11 is 0. The van der Waals surface area contributed by atoms with Crippen LogP contribution < -0.4 is 0 Å². The molecule has 3 aromatic carbocycles. The Bertz CT molecular complexity index is 1130. The number of aromatic nitrogens is 2. The highest BCUT2D eigenvalue weighted by Gasteiger charge is 2.31. The summed E-state index contributed by atoms with van der Waals surface area (Å²) in [7, 11) is 1.60. The summed E-state index contributed by atoms with van der Waals surface area (Å²) in [6, 6.07) is 17.8. The number of hydrogen-bond acceptors (Lipinski definition) is 2. The van der Waals surface area contributed by atoms with Crippen LogP contribution in [0.1, 0.15) is 17.0 Å². The van der Waals surface area contributed by atoms with Gasteiger partial charge in [-0.05, 0) is 34.5 Å². The van der Waals surface area contributed by atoms with Crippen molar-refractivity contribution in [2.75, 3.05) is 13.7 Å². The number of nitrogens with zero attached hydrogens (tertiary/aromatic N) is 2. The van der Waals surface area contributed by atoms with Crippen LogP contribution in [0.15, 0.2) is 60.7 Å². The highest BCUT2D eigenvalue weighted by molar-refractivity contribution is 5.86. The molecule has 0 aliphatic carbocycles. The van der Waals surface area contributed by atoms with Gasteiger partial charge in [-0.1, -0.05) is 42.5 Å². The van der Waals surface area contributed by atoms with Gasteiger partial charge in [0.25, 0.3) is 0 Å². The average Bonchev–Trinajstić information content (AvgIpc) is 3.02. The second-order valence-corrected chi connectivity index (χ2v) is 6.69. The van der Waals surface area contributed by atoms with Gasteiger partial charge in [0.15, 0.2) is 0 Å². The molecule has 0 amide bonds. The van der Waals surface area contributed by atoms with Gasteiger partial charge in [-0.15, -0.1) is 0 Å². The van der Waals surface area contributed by atoms with Gasteiger partial charge >= 0.3 is 6.18 Å². The third-order valence-corrected chi connectivity index (χ3v) is 4.90. The number of fused-ring (bicyclic) bond motifs is 2. The average molecular weight is 384 g/mol. The van der Waals surface area contributed by atoms with Crippen molar-refractivity contribution in [1.29, 1.82) is 0 Å². The van der Waals surface area contributed by atoms with Gasteiger partial charge in [0.05, 0.1) is 23.2 Å². The highest BCUT2D eigenvalue weighted by atomic mass is 19.4. The fourth-order valence-corrected chi connectivity index (χ4v) is 3.54. The fourth-order valence-electron chi connectivity index (χ4n) is 3.54. The first kappa shape index (κ1) is 18.5. The topological polar surface area (TPSA) is 27.1 Å². The largest absolute Gasteiger partial charge is 0.416 e. The number of rotatable bonds is 5. The first-order chi connectivity index (χ1) is 13.5. The molecule has 1 aromatic heterocycles. The van der Waals surface area contributed by atoms with E-state index in [1.54, 1.807) is 7.11 Å². The second kappa shape index (κ2) is 7.28. The summed E-state index contributed by atoms with van der Waals surface area (Å²) in [5.74, 6) is 0.725. The Morgan fingerprint density at radius 3 is 2.57 bits per heavy atom. The lowest BCUT2D eigenvalue weighted by Gasteiger charge is -2.11. The molecule has 0 saturated carbocycles. The van der Waals surface area contributed by atoms with Crippen molar-refractivity contribution in [3.63, 3.8) is 0 Å². The van der Waals surface area contributed by atoms with Gasteiger partial charge < -0.3 is 9.30 Å². The van der Waals surface area contributed by atoms with E-state index in [1.807, 2.05) is 41.0 Å². The van der Waals surface area contributed by atoms with Crippen molar-refractivity contribution >= 4 is 21.8 Å². The molecular weight excluding hydrogens is 365 g/mol. The maximum atomic E-state index is 13.1. The van der Waals surface area contributed by atoms with Crippen molar-refractivity contribution in [2.24, 2.45) is 0 Å². The van der Waals surface area contributed by atoms with Crippen LogP contribution in [0.5, 0.6) is 0 Å². The monoisotopic (exact) mass is 384 g/mol. The van der Waals surface area contributed by atoms with Gasteiger partial charge in [-0.3, -0.25) is 0 Å². The van der Waals surface area contributed by atoms with Crippen LogP contribution in [0.25, 0.3) is 21.8 Å². The molecular formula is C22H19F3N2O. The van der Waals surface area contributed by atoms with E-state index < -0.39 is 11.7 Å². The van der Waals surface area contributed by atoms with E-state index in [9.17, 15) is 13.2 Å². The third-order valence-electron chi connectivity index (χ3n) is 4.90. The minimum atomic E-state index is -4.39. The Morgan fingerprint density at radius 2 is 1.79 bits per heavy atom. The first-order valence-electron chi connectivity index (χ1n) is 8.99. The summed E-state index contributed by atoms with van der Waals surface area (Å²) in [4.78, 5) is 4.55. The summed E-state index contributed by atoms with van der Waals surface area (Å²) in [6.45, 7) is 0.980. The Labute approximate surface area is 160 Å². The molecule has 4 rings (SSSR count). The van der Waals surface area contributed by atoms with E-state index in [4.69, 9.17) is 4.74 Å².